The molecule has 142 valence electrons. The van der Waals surface area contributed by atoms with Gasteiger partial charge >= 0.3 is 0 Å². The van der Waals surface area contributed by atoms with E-state index in [1.165, 1.54) is 38.5 Å². The Morgan fingerprint density at radius 3 is 2.40 bits per heavy atom. The molecule has 0 saturated heterocycles. The van der Waals surface area contributed by atoms with Crippen LogP contribution in [0.1, 0.15) is 77.0 Å². The Bertz CT molecular complexity index is 461. The summed E-state index contributed by atoms with van der Waals surface area (Å²) in [6.45, 7) is 0.472. The van der Waals surface area contributed by atoms with Crippen LogP contribution in [0.2, 0.25) is 0 Å². The third kappa shape index (κ3) is 5.45. The van der Waals surface area contributed by atoms with Crippen LogP contribution in [0.4, 0.5) is 0 Å². The van der Waals surface area contributed by atoms with E-state index in [0.717, 1.165) is 38.0 Å². The smallest absolute Gasteiger partial charge is 0.223 e. The van der Waals surface area contributed by atoms with Crippen LogP contribution in [0, 0.1) is 17.8 Å². The maximum absolute atomic E-state index is 12.3. The molecule has 3 saturated carbocycles. The van der Waals surface area contributed by atoms with Crippen LogP contribution < -0.4 is 10.6 Å². The lowest BCUT2D eigenvalue weighted by atomic mass is 9.68. The van der Waals surface area contributed by atoms with E-state index >= 15 is 0 Å². The highest BCUT2D eigenvalue weighted by Crippen LogP contribution is 2.40. The van der Waals surface area contributed by atoms with Crippen LogP contribution in [0.25, 0.3) is 0 Å². The van der Waals surface area contributed by atoms with Gasteiger partial charge in [-0.2, -0.15) is 0 Å². The van der Waals surface area contributed by atoms with Crippen LogP contribution in [0.5, 0.6) is 0 Å². The lowest BCUT2D eigenvalue weighted by Crippen LogP contribution is -2.47. The van der Waals surface area contributed by atoms with Crippen molar-refractivity contribution >= 4 is 27.7 Å². The molecule has 2 N–H and O–H groups in total. The molecular formula is C20H33BrN2O2. The highest BCUT2D eigenvalue weighted by Gasteiger charge is 2.35. The molecule has 0 heterocycles. The average molecular weight is 413 g/mol. The van der Waals surface area contributed by atoms with Gasteiger partial charge in [-0.25, -0.2) is 0 Å². The average Bonchev–Trinajstić information content (AvgIpc) is 2.62. The number of fused-ring (bicyclic) bond motifs is 1. The lowest BCUT2D eigenvalue weighted by Gasteiger charge is -2.41. The third-order valence-corrected chi connectivity index (χ3v) is 7.52. The zero-order valence-electron chi connectivity index (χ0n) is 15.3. The van der Waals surface area contributed by atoms with E-state index in [-0.39, 0.29) is 17.7 Å². The molecule has 0 aromatic rings. The zero-order chi connectivity index (χ0) is 17.6. The second-order valence-corrected chi connectivity index (χ2v) is 9.60. The van der Waals surface area contributed by atoms with Crippen molar-refractivity contribution in [2.75, 3.05) is 6.54 Å². The highest BCUT2D eigenvalue weighted by atomic mass is 79.9. The number of nitrogens with one attached hydrogen (secondary N) is 2. The van der Waals surface area contributed by atoms with Gasteiger partial charge in [-0.05, 0) is 50.4 Å². The molecule has 0 radical (unpaired) electrons. The van der Waals surface area contributed by atoms with E-state index in [1.807, 2.05) is 0 Å². The van der Waals surface area contributed by atoms with Crippen LogP contribution in [0.3, 0.4) is 0 Å². The summed E-state index contributed by atoms with van der Waals surface area (Å²) in [7, 11) is 0. The van der Waals surface area contributed by atoms with E-state index in [0.29, 0.717) is 29.8 Å². The Kier molecular flexibility index (Phi) is 7.20. The molecule has 0 aromatic heterocycles. The van der Waals surface area contributed by atoms with Crippen molar-refractivity contribution < 1.29 is 9.59 Å². The van der Waals surface area contributed by atoms with Gasteiger partial charge in [0.15, 0.2) is 0 Å². The van der Waals surface area contributed by atoms with E-state index in [9.17, 15) is 9.59 Å². The molecule has 0 spiro atoms. The third-order valence-electron chi connectivity index (χ3n) is 6.60. The van der Waals surface area contributed by atoms with E-state index in [2.05, 4.69) is 26.6 Å². The van der Waals surface area contributed by atoms with E-state index in [4.69, 9.17) is 0 Å². The maximum atomic E-state index is 12.3. The van der Waals surface area contributed by atoms with Crippen LogP contribution in [-0.2, 0) is 9.59 Å². The van der Waals surface area contributed by atoms with Gasteiger partial charge in [-0.1, -0.05) is 48.0 Å². The molecule has 3 aliphatic carbocycles. The Labute approximate surface area is 160 Å². The fraction of sp³-hybridized carbons (Fsp3) is 0.900. The van der Waals surface area contributed by atoms with Crippen molar-refractivity contribution in [3.05, 3.63) is 0 Å². The highest BCUT2D eigenvalue weighted by molar-refractivity contribution is 9.09. The Balaban J connectivity index is 1.35. The van der Waals surface area contributed by atoms with Crippen molar-refractivity contribution in [2.24, 2.45) is 17.8 Å². The summed E-state index contributed by atoms with van der Waals surface area (Å²) in [6.07, 6.45) is 13.5. The van der Waals surface area contributed by atoms with Gasteiger partial charge in [0.2, 0.25) is 11.8 Å². The molecule has 3 unspecified atom stereocenters. The summed E-state index contributed by atoms with van der Waals surface area (Å²) in [5.41, 5.74) is 0. The minimum absolute atomic E-state index is 0.112. The summed E-state index contributed by atoms with van der Waals surface area (Å²) in [5, 5.41) is 6.26. The number of hydrogen-bond acceptors (Lipinski definition) is 2. The SMILES string of the molecule is O=C(CCNC(=O)C1CCC(Br)CC1)NC1CCCC2CCCCC21. The van der Waals surface area contributed by atoms with Crippen LogP contribution >= 0.6 is 15.9 Å². The monoisotopic (exact) mass is 412 g/mol. The number of alkyl halides is 1. The molecule has 3 fully saturated rings. The predicted octanol–water partition coefficient (Wildman–Crippen LogP) is 3.92. The maximum Gasteiger partial charge on any atom is 0.223 e. The second-order valence-electron chi connectivity index (χ2n) is 8.30. The fourth-order valence-electron chi connectivity index (χ4n) is 5.16. The van der Waals surface area contributed by atoms with Crippen LogP contribution in [0.15, 0.2) is 0 Å². The Morgan fingerprint density at radius 2 is 1.60 bits per heavy atom. The molecule has 0 bridgehead atoms. The van der Waals surface area contributed by atoms with Gasteiger partial charge < -0.3 is 10.6 Å². The van der Waals surface area contributed by atoms with Crippen LogP contribution in [-0.4, -0.2) is 29.2 Å². The van der Waals surface area contributed by atoms with Crippen molar-refractivity contribution in [3.8, 4) is 0 Å². The zero-order valence-corrected chi connectivity index (χ0v) is 16.9. The molecular weight excluding hydrogens is 380 g/mol. The largest absolute Gasteiger partial charge is 0.355 e. The Hall–Kier alpha value is -0.580. The van der Waals surface area contributed by atoms with Crippen molar-refractivity contribution in [1.29, 1.82) is 0 Å². The first kappa shape index (κ1) is 19.2. The van der Waals surface area contributed by atoms with E-state index < -0.39 is 0 Å². The second kappa shape index (κ2) is 9.38. The summed E-state index contributed by atoms with van der Waals surface area (Å²) in [4.78, 5) is 25.1. The molecule has 2 amide bonds. The van der Waals surface area contributed by atoms with E-state index in [1.54, 1.807) is 0 Å². The summed E-state index contributed by atoms with van der Waals surface area (Å²) in [5.74, 6) is 1.91. The molecule has 3 aliphatic rings. The molecule has 0 aliphatic heterocycles. The quantitative estimate of drug-likeness (QED) is 0.672. The standard InChI is InChI=1S/C20H33BrN2O2/c21-16-10-8-15(9-11-16)20(25)22-13-12-19(24)23-18-7-3-5-14-4-1-2-6-17(14)18/h14-18H,1-13H2,(H,22,25)(H,23,24). The van der Waals surface area contributed by atoms with Gasteiger partial charge in [0.05, 0.1) is 0 Å². The first-order valence-electron chi connectivity index (χ1n) is 10.3. The van der Waals surface area contributed by atoms with Gasteiger partial charge in [-0.15, -0.1) is 0 Å². The first-order chi connectivity index (χ1) is 12.1. The van der Waals surface area contributed by atoms with Gasteiger partial charge in [0.25, 0.3) is 0 Å². The van der Waals surface area contributed by atoms with Crippen molar-refractivity contribution in [1.82, 2.24) is 10.6 Å². The predicted molar refractivity (Wildman–Crippen MR) is 104 cm³/mol. The Morgan fingerprint density at radius 1 is 0.880 bits per heavy atom. The molecule has 3 atom stereocenters. The number of rotatable bonds is 5. The minimum atomic E-state index is 0.112. The first-order valence-corrected chi connectivity index (χ1v) is 11.3. The number of amides is 2. The number of halogens is 1. The molecule has 3 rings (SSSR count). The summed E-state index contributed by atoms with van der Waals surface area (Å²) < 4.78 is 0. The summed E-state index contributed by atoms with van der Waals surface area (Å²) >= 11 is 3.62. The molecule has 0 aromatic carbocycles. The van der Waals surface area contributed by atoms with Gasteiger partial charge in [0.1, 0.15) is 0 Å². The minimum Gasteiger partial charge on any atom is -0.355 e. The normalized spacial score (nSPS) is 35.5. The van der Waals surface area contributed by atoms with Crippen molar-refractivity contribution in [3.63, 3.8) is 0 Å². The summed E-state index contributed by atoms with van der Waals surface area (Å²) in [6, 6.07) is 0.372. The fourth-order valence-corrected chi connectivity index (χ4v) is 5.68. The number of hydrogen-bond donors (Lipinski definition) is 2. The van der Waals surface area contributed by atoms with Gasteiger partial charge in [0, 0.05) is 29.8 Å². The topological polar surface area (TPSA) is 58.2 Å². The lowest BCUT2D eigenvalue weighted by molar-refractivity contribution is -0.126. The molecule has 4 nitrogen and oxygen atoms in total. The van der Waals surface area contributed by atoms with Crippen molar-refractivity contribution in [2.45, 2.75) is 87.9 Å². The number of carbonyl (C=O) groups excluding carboxylic acids is 2. The number of carbonyl (C=O) groups is 2. The molecule has 25 heavy (non-hydrogen) atoms. The molecule has 5 heteroatoms. The van der Waals surface area contributed by atoms with Gasteiger partial charge in [-0.3, -0.25) is 9.59 Å².